The number of nitrogens with two attached hydrogens (primary N) is 1. The van der Waals surface area contributed by atoms with Crippen molar-refractivity contribution in [1.29, 1.82) is 0 Å². The maximum atomic E-state index is 6.91. The topological polar surface area (TPSA) is 81.4 Å². The summed E-state index contributed by atoms with van der Waals surface area (Å²) in [6, 6.07) is 11.6. The lowest BCUT2D eigenvalue weighted by atomic mass is 9.83. The van der Waals surface area contributed by atoms with Crippen LogP contribution < -0.4 is 5.73 Å². The largest absolute Gasteiger partial charge is 0.500 e. The molecule has 0 saturated carbocycles. The van der Waals surface area contributed by atoms with Crippen molar-refractivity contribution in [2.75, 3.05) is 42.7 Å². The summed E-state index contributed by atoms with van der Waals surface area (Å²) in [5.74, 6) is 0. The average molecular weight is 432 g/mol. The van der Waals surface area contributed by atoms with Crippen molar-refractivity contribution >= 4 is 17.6 Å². The Bertz CT molecular complexity index is 498. The number of benzene rings is 1. The molecule has 0 unspecified atom stereocenters. The monoisotopic (exact) mass is 431 g/mol. The van der Waals surface area contributed by atoms with E-state index in [2.05, 4.69) is 12.1 Å². The molecule has 9 heteroatoms. The Kier molecular flexibility index (Phi) is 11.0. The maximum absolute atomic E-state index is 6.91. The van der Waals surface area contributed by atoms with Gasteiger partial charge in [0.05, 0.1) is 0 Å². The highest BCUT2D eigenvalue weighted by atomic mass is 28.4. The second-order valence-corrected chi connectivity index (χ2v) is 13.0. The van der Waals surface area contributed by atoms with E-state index in [0.717, 1.165) is 43.3 Å². The van der Waals surface area contributed by atoms with Crippen LogP contribution in [0.4, 0.5) is 0 Å². The minimum absolute atomic E-state index is 0.466. The fraction of sp³-hybridized carbons (Fsp3) is 0.684. The molecule has 0 bridgehead atoms. The molecule has 162 valence electrons. The molecule has 0 spiro atoms. The quantitative estimate of drug-likeness (QED) is 0.427. The van der Waals surface area contributed by atoms with E-state index in [9.17, 15) is 0 Å². The van der Waals surface area contributed by atoms with E-state index in [1.807, 2.05) is 18.2 Å². The van der Waals surface area contributed by atoms with Gasteiger partial charge in [0.15, 0.2) is 0 Å². The lowest BCUT2D eigenvalue weighted by Gasteiger charge is -2.33. The summed E-state index contributed by atoms with van der Waals surface area (Å²) in [4.78, 5) is 0. The molecule has 0 saturated heterocycles. The molecule has 7 nitrogen and oxygen atoms in total. The first-order valence-corrected chi connectivity index (χ1v) is 13.4. The molecule has 0 amide bonds. The highest BCUT2D eigenvalue weighted by Crippen LogP contribution is 2.33. The van der Waals surface area contributed by atoms with E-state index >= 15 is 0 Å². The van der Waals surface area contributed by atoms with E-state index in [-0.39, 0.29) is 0 Å². The van der Waals surface area contributed by atoms with Gasteiger partial charge in [0, 0.05) is 60.3 Å². The van der Waals surface area contributed by atoms with Crippen LogP contribution in [0.1, 0.15) is 31.2 Å². The third-order valence-electron chi connectivity index (χ3n) is 5.43. The third-order valence-corrected chi connectivity index (χ3v) is 11.1. The van der Waals surface area contributed by atoms with Crippen molar-refractivity contribution in [3.8, 4) is 0 Å². The molecule has 1 aromatic carbocycles. The Morgan fingerprint density at radius 1 is 0.679 bits per heavy atom. The van der Waals surface area contributed by atoms with Crippen LogP contribution in [-0.4, -0.2) is 60.3 Å². The molecule has 0 radical (unpaired) electrons. The molecule has 1 rings (SSSR count). The SMILES string of the molecule is CO[Si](CCCC(N)(CCC[Si](OC)(OC)OC)c1ccccc1)(OC)OC. The van der Waals surface area contributed by atoms with Crippen LogP contribution in [0.15, 0.2) is 30.3 Å². The van der Waals surface area contributed by atoms with Crippen LogP contribution in [0.5, 0.6) is 0 Å². The summed E-state index contributed by atoms with van der Waals surface area (Å²) in [6.45, 7) is 0. The molecule has 0 heterocycles. The maximum Gasteiger partial charge on any atom is 0.500 e. The third kappa shape index (κ3) is 6.72. The van der Waals surface area contributed by atoms with Crippen molar-refractivity contribution in [2.45, 2.75) is 43.3 Å². The minimum Gasteiger partial charge on any atom is -0.377 e. The van der Waals surface area contributed by atoms with Crippen molar-refractivity contribution in [2.24, 2.45) is 5.73 Å². The normalized spacial score (nSPS) is 13.1. The van der Waals surface area contributed by atoms with Gasteiger partial charge in [-0.05, 0) is 31.2 Å². The second-order valence-electron chi connectivity index (χ2n) is 6.82. The summed E-state index contributed by atoms with van der Waals surface area (Å²) in [5.41, 5.74) is 7.57. The molecule has 0 aromatic heterocycles. The highest BCUT2D eigenvalue weighted by molar-refractivity contribution is 6.60. The lowest BCUT2D eigenvalue weighted by Crippen LogP contribution is -2.44. The van der Waals surface area contributed by atoms with Gasteiger partial charge < -0.3 is 32.3 Å². The number of hydrogen-bond acceptors (Lipinski definition) is 7. The summed E-state index contributed by atoms with van der Waals surface area (Å²) >= 11 is 0. The Hall–Kier alpha value is -0.626. The molecular formula is C19H37NO6Si2. The average Bonchev–Trinajstić information content (AvgIpc) is 2.76. The van der Waals surface area contributed by atoms with Gasteiger partial charge in [-0.15, -0.1) is 0 Å². The zero-order valence-electron chi connectivity index (χ0n) is 18.2. The predicted molar refractivity (Wildman–Crippen MR) is 114 cm³/mol. The van der Waals surface area contributed by atoms with Crippen LogP contribution in [0.2, 0.25) is 12.1 Å². The van der Waals surface area contributed by atoms with Crippen LogP contribution in [0, 0.1) is 0 Å². The molecule has 2 N–H and O–H groups in total. The zero-order chi connectivity index (χ0) is 21.1. The van der Waals surface area contributed by atoms with E-state index in [0.29, 0.717) is 0 Å². The Morgan fingerprint density at radius 2 is 1.04 bits per heavy atom. The Balaban J connectivity index is 2.84. The zero-order valence-corrected chi connectivity index (χ0v) is 20.2. The molecular weight excluding hydrogens is 394 g/mol. The Morgan fingerprint density at radius 3 is 1.36 bits per heavy atom. The van der Waals surface area contributed by atoms with Crippen LogP contribution in [-0.2, 0) is 32.1 Å². The first-order valence-electron chi connectivity index (χ1n) is 9.54. The molecule has 0 fully saturated rings. The van der Waals surface area contributed by atoms with Gasteiger partial charge in [-0.3, -0.25) is 0 Å². The standard InChI is InChI=1S/C19H37NO6Si2/c1-21-27(22-2,23-3)16-10-14-19(20,18-12-8-7-9-13-18)15-11-17-28(24-4,25-5)26-6/h7-9,12-13H,10-11,14-17,20H2,1-6H3. The first-order chi connectivity index (χ1) is 13.4. The fourth-order valence-electron chi connectivity index (χ4n) is 3.54. The lowest BCUT2D eigenvalue weighted by molar-refractivity contribution is 0.121. The molecule has 0 aliphatic carbocycles. The molecule has 0 aliphatic rings. The molecule has 1 aromatic rings. The van der Waals surface area contributed by atoms with Gasteiger partial charge in [-0.2, -0.15) is 0 Å². The predicted octanol–water partition coefficient (Wildman–Crippen LogP) is 3.16. The fourth-order valence-corrected chi connectivity index (χ4v) is 6.98. The highest BCUT2D eigenvalue weighted by Gasteiger charge is 2.40. The van der Waals surface area contributed by atoms with Gasteiger partial charge in [-0.25, -0.2) is 0 Å². The second kappa shape index (κ2) is 12.2. The van der Waals surface area contributed by atoms with Gasteiger partial charge in [0.2, 0.25) is 0 Å². The van der Waals surface area contributed by atoms with Crippen molar-refractivity contribution in [3.05, 3.63) is 35.9 Å². The molecule has 0 aliphatic heterocycles. The minimum atomic E-state index is -2.61. The van der Waals surface area contributed by atoms with Crippen molar-refractivity contribution in [3.63, 3.8) is 0 Å². The van der Waals surface area contributed by atoms with Crippen LogP contribution in [0.25, 0.3) is 0 Å². The van der Waals surface area contributed by atoms with E-state index in [1.54, 1.807) is 42.7 Å². The van der Waals surface area contributed by atoms with E-state index < -0.39 is 23.1 Å². The van der Waals surface area contributed by atoms with Gasteiger partial charge in [0.1, 0.15) is 0 Å². The number of hydrogen-bond donors (Lipinski definition) is 1. The van der Waals surface area contributed by atoms with Gasteiger partial charge in [0.25, 0.3) is 0 Å². The summed E-state index contributed by atoms with van der Waals surface area (Å²) in [6.07, 6.45) is 3.27. The molecule has 28 heavy (non-hydrogen) atoms. The van der Waals surface area contributed by atoms with E-state index in [1.165, 1.54) is 0 Å². The Labute approximate surface area is 172 Å². The smallest absolute Gasteiger partial charge is 0.377 e. The van der Waals surface area contributed by atoms with E-state index in [4.69, 9.17) is 32.3 Å². The number of rotatable bonds is 15. The first kappa shape index (κ1) is 25.4. The van der Waals surface area contributed by atoms with Crippen LogP contribution >= 0.6 is 0 Å². The van der Waals surface area contributed by atoms with Gasteiger partial charge >= 0.3 is 17.6 Å². The van der Waals surface area contributed by atoms with Crippen LogP contribution in [0.3, 0.4) is 0 Å². The summed E-state index contributed by atoms with van der Waals surface area (Å²) < 4.78 is 33.2. The summed E-state index contributed by atoms with van der Waals surface area (Å²) in [7, 11) is 4.60. The van der Waals surface area contributed by atoms with Crippen molar-refractivity contribution < 1.29 is 26.6 Å². The van der Waals surface area contributed by atoms with Gasteiger partial charge in [-0.1, -0.05) is 30.3 Å². The summed E-state index contributed by atoms with van der Waals surface area (Å²) in [5, 5.41) is 0. The van der Waals surface area contributed by atoms with Crippen molar-refractivity contribution in [1.82, 2.24) is 0 Å². The molecule has 0 atom stereocenters.